The Morgan fingerprint density at radius 2 is 2.05 bits per heavy atom. The van der Waals surface area contributed by atoms with Gasteiger partial charge in [-0.2, -0.15) is 4.73 Å². The van der Waals surface area contributed by atoms with Crippen molar-refractivity contribution in [1.82, 2.24) is 0 Å². The van der Waals surface area contributed by atoms with E-state index < -0.39 is 10.8 Å². The molecule has 7 heteroatoms. The molecule has 0 saturated carbocycles. The lowest BCUT2D eigenvalue weighted by molar-refractivity contribution is -0.607. The van der Waals surface area contributed by atoms with Gasteiger partial charge < -0.3 is 10.5 Å². The van der Waals surface area contributed by atoms with Crippen molar-refractivity contribution in [3.63, 3.8) is 0 Å². The van der Waals surface area contributed by atoms with Crippen LogP contribution < -0.4 is 10.0 Å². The van der Waals surface area contributed by atoms with Gasteiger partial charge in [0.05, 0.1) is 4.92 Å². The lowest BCUT2D eigenvalue weighted by Gasteiger charge is -2.06. The monoisotopic (exact) mass is 273 g/mol. The average molecular weight is 273 g/mol. The van der Waals surface area contributed by atoms with Gasteiger partial charge in [-0.3, -0.25) is 14.9 Å². The third-order valence-corrected chi connectivity index (χ3v) is 2.72. The van der Waals surface area contributed by atoms with Crippen molar-refractivity contribution < 1.29 is 14.4 Å². The first kappa shape index (κ1) is 13.5. The minimum absolute atomic E-state index is 0.0873. The first-order valence-electron chi connectivity index (χ1n) is 5.73. The van der Waals surface area contributed by atoms with Crippen molar-refractivity contribution in [2.75, 3.05) is 5.32 Å². The van der Waals surface area contributed by atoms with Gasteiger partial charge in [-0.1, -0.05) is 6.07 Å². The number of nitro groups is 1. The lowest BCUT2D eigenvalue weighted by Crippen LogP contribution is -2.36. The Bertz CT molecular complexity index is 685. The molecule has 7 nitrogen and oxygen atoms in total. The number of rotatable bonds is 3. The van der Waals surface area contributed by atoms with Gasteiger partial charge in [-0.25, -0.2) is 0 Å². The van der Waals surface area contributed by atoms with Gasteiger partial charge >= 0.3 is 5.91 Å². The smallest absolute Gasteiger partial charge is 0.321 e. The minimum Gasteiger partial charge on any atom is -0.618 e. The van der Waals surface area contributed by atoms with Gasteiger partial charge in [0.1, 0.15) is 0 Å². The molecular weight excluding hydrogens is 262 g/mol. The number of anilines is 1. The highest BCUT2D eigenvalue weighted by atomic mass is 16.6. The Morgan fingerprint density at radius 1 is 1.30 bits per heavy atom. The number of aryl methyl sites for hydroxylation is 1. The highest BCUT2D eigenvalue weighted by Crippen LogP contribution is 2.22. The van der Waals surface area contributed by atoms with E-state index in [1.807, 2.05) is 0 Å². The van der Waals surface area contributed by atoms with Gasteiger partial charge in [0.15, 0.2) is 6.20 Å². The SMILES string of the molecule is Cc1ccc(NC(=O)c2cccc[n+]2[O-])cc1[N+](=O)[O-]. The molecule has 0 unspecified atom stereocenters. The minimum atomic E-state index is -0.626. The zero-order valence-corrected chi connectivity index (χ0v) is 10.6. The highest BCUT2D eigenvalue weighted by Gasteiger charge is 2.17. The van der Waals surface area contributed by atoms with Crippen LogP contribution >= 0.6 is 0 Å². The van der Waals surface area contributed by atoms with Gasteiger partial charge in [0, 0.05) is 29.4 Å². The lowest BCUT2D eigenvalue weighted by atomic mass is 10.2. The molecule has 0 bridgehead atoms. The molecule has 1 heterocycles. The Labute approximate surface area is 114 Å². The maximum Gasteiger partial charge on any atom is 0.321 e. The molecule has 20 heavy (non-hydrogen) atoms. The van der Waals surface area contributed by atoms with Crippen LogP contribution in [0.1, 0.15) is 16.1 Å². The number of pyridine rings is 1. The first-order chi connectivity index (χ1) is 9.49. The van der Waals surface area contributed by atoms with Crippen LogP contribution in [0.15, 0.2) is 42.6 Å². The van der Waals surface area contributed by atoms with E-state index in [2.05, 4.69) is 5.32 Å². The fourth-order valence-corrected chi connectivity index (χ4v) is 1.68. The summed E-state index contributed by atoms with van der Waals surface area (Å²) in [5.74, 6) is -0.626. The number of benzene rings is 1. The molecular formula is C13H11N3O4. The van der Waals surface area contributed by atoms with Crippen LogP contribution in [-0.4, -0.2) is 10.8 Å². The van der Waals surface area contributed by atoms with Gasteiger partial charge in [-0.05, 0) is 19.1 Å². The van der Waals surface area contributed by atoms with Gasteiger partial charge in [0.2, 0.25) is 0 Å². The number of hydrogen-bond donors (Lipinski definition) is 1. The van der Waals surface area contributed by atoms with Crippen LogP contribution in [0, 0.1) is 22.2 Å². The van der Waals surface area contributed by atoms with E-state index in [0.717, 1.165) is 0 Å². The standard InChI is InChI=1S/C13H11N3O4/c1-9-5-6-10(8-12(9)16(19)20)14-13(17)11-4-2-3-7-15(11)18/h2-8H,1H3,(H,14,17). The second kappa shape index (κ2) is 5.35. The molecule has 2 rings (SSSR count). The van der Waals surface area contributed by atoms with Crippen molar-refractivity contribution in [2.45, 2.75) is 6.92 Å². The molecule has 1 aromatic carbocycles. The maximum absolute atomic E-state index is 11.9. The predicted octanol–water partition coefficient (Wildman–Crippen LogP) is 1.79. The molecule has 0 saturated heterocycles. The predicted molar refractivity (Wildman–Crippen MR) is 71.2 cm³/mol. The fraction of sp³-hybridized carbons (Fsp3) is 0.0769. The van der Waals surface area contributed by atoms with Gasteiger partial charge in [-0.15, -0.1) is 0 Å². The van der Waals surface area contributed by atoms with Crippen LogP contribution in [0.2, 0.25) is 0 Å². The van der Waals surface area contributed by atoms with Crippen LogP contribution in [0.25, 0.3) is 0 Å². The number of carbonyl (C=O) groups excluding carboxylic acids is 1. The Balaban J connectivity index is 2.27. The molecule has 2 aromatic rings. The van der Waals surface area contributed by atoms with Crippen molar-refractivity contribution in [2.24, 2.45) is 0 Å². The van der Waals surface area contributed by atoms with Crippen molar-refractivity contribution in [3.8, 4) is 0 Å². The van der Waals surface area contributed by atoms with E-state index >= 15 is 0 Å². The van der Waals surface area contributed by atoms with Crippen LogP contribution in [0.3, 0.4) is 0 Å². The molecule has 1 amide bonds. The Kier molecular flexibility index (Phi) is 3.60. The molecule has 0 aliphatic heterocycles. The third-order valence-electron chi connectivity index (χ3n) is 2.72. The number of carbonyl (C=O) groups is 1. The van der Waals surface area contributed by atoms with E-state index in [-0.39, 0.29) is 17.1 Å². The summed E-state index contributed by atoms with van der Waals surface area (Å²) in [6.45, 7) is 1.60. The molecule has 1 aromatic heterocycles. The number of nitrogens with zero attached hydrogens (tertiary/aromatic N) is 2. The third kappa shape index (κ3) is 2.72. The Hall–Kier alpha value is -2.96. The van der Waals surface area contributed by atoms with E-state index in [4.69, 9.17) is 0 Å². The summed E-state index contributed by atoms with van der Waals surface area (Å²) >= 11 is 0. The quantitative estimate of drug-likeness (QED) is 0.399. The molecule has 0 spiro atoms. The average Bonchev–Trinajstić information content (AvgIpc) is 2.41. The summed E-state index contributed by atoms with van der Waals surface area (Å²) in [6.07, 6.45) is 1.20. The number of aromatic nitrogens is 1. The Morgan fingerprint density at radius 3 is 2.70 bits per heavy atom. The number of nitrogens with one attached hydrogen (secondary N) is 1. The van der Waals surface area contributed by atoms with Crippen molar-refractivity contribution >= 4 is 17.3 Å². The second-order valence-corrected chi connectivity index (χ2v) is 4.12. The maximum atomic E-state index is 11.9. The number of nitro benzene ring substituents is 1. The molecule has 0 radical (unpaired) electrons. The first-order valence-corrected chi connectivity index (χ1v) is 5.73. The summed E-state index contributed by atoms with van der Waals surface area (Å²) < 4.78 is 0.429. The van der Waals surface area contributed by atoms with Gasteiger partial charge in [0.25, 0.3) is 11.4 Å². The molecule has 102 valence electrons. The zero-order valence-electron chi connectivity index (χ0n) is 10.6. The largest absolute Gasteiger partial charge is 0.618 e. The van der Waals surface area contributed by atoms with E-state index in [1.165, 1.54) is 36.5 Å². The van der Waals surface area contributed by atoms with E-state index in [0.29, 0.717) is 10.3 Å². The molecule has 0 aliphatic carbocycles. The molecule has 0 fully saturated rings. The number of hydrogen-bond acceptors (Lipinski definition) is 4. The van der Waals surface area contributed by atoms with Crippen LogP contribution in [0.5, 0.6) is 0 Å². The van der Waals surface area contributed by atoms with Crippen molar-refractivity contribution in [3.05, 3.63) is 69.2 Å². The van der Waals surface area contributed by atoms with Crippen LogP contribution in [-0.2, 0) is 0 Å². The van der Waals surface area contributed by atoms with Crippen LogP contribution in [0.4, 0.5) is 11.4 Å². The van der Waals surface area contributed by atoms with E-state index in [9.17, 15) is 20.1 Å². The zero-order chi connectivity index (χ0) is 14.7. The molecule has 1 N–H and O–H groups in total. The number of amides is 1. The normalized spacial score (nSPS) is 10.1. The summed E-state index contributed by atoms with van der Waals surface area (Å²) in [5, 5.41) is 24.7. The van der Waals surface area contributed by atoms with Crippen molar-refractivity contribution in [1.29, 1.82) is 0 Å². The molecule has 0 atom stereocenters. The second-order valence-electron chi connectivity index (χ2n) is 4.12. The topological polar surface area (TPSA) is 99.2 Å². The highest BCUT2D eigenvalue weighted by molar-refractivity contribution is 6.02. The molecule has 0 aliphatic rings. The summed E-state index contributed by atoms with van der Waals surface area (Å²) in [5.41, 5.74) is 0.573. The summed E-state index contributed by atoms with van der Waals surface area (Å²) in [4.78, 5) is 22.2. The van der Waals surface area contributed by atoms with E-state index in [1.54, 1.807) is 13.0 Å². The summed E-state index contributed by atoms with van der Waals surface area (Å²) in [7, 11) is 0. The fourth-order valence-electron chi connectivity index (χ4n) is 1.68. The summed E-state index contributed by atoms with van der Waals surface area (Å²) in [6, 6.07) is 8.75.